The zero-order chi connectivity index (χ0) is 15.2. The lowest BCUT2D eigenvalue weighted by Gasteiger charge is -2.05. The van der Waals surface area contributed by atoms with Crippen molar-refractivity contribution >= 4 is 45.1 Å². The fourth-order valence-corrected chi connectivity index (χ4v) is 2.45. The molecule has 0 saturated heterocycles. The highest BCUT2D eigenvalue weighted by Gasteiger charge is 2.08. The number of nitrogens with one attached hydrogen (secondary N) is 1. The first-order chi connectivity index (χ1) is 10.1. The molecule has 0 radical (unpaired) electrons. The SMILES string of the molecule is N#Cc1cnc(SCC(=O)Nc2cccc(Br)c2)nc1N. The van der Waals surface area contributed by atoms with Gasteiger partial charge in [-0.05, 0) is 18.2 Å². The molecule has 2 rings (SSSR count). The minimum absolute atomic E-state index is 0.113. The Morgan fingerprint density at radius 2 is 2.33 bits per heavy atom. The predicted molar refractivity (Wildman–Crippen MR) is 84.7 cm³/mol. The summed E-state index contributed by atoms with van der Waals surface area (Å²) in [6.07, 6.45) is 1.34. The first-order valence-corrected chi connectivity index (χ1v) is 7.57. The van der Waals surface area contributed by atoms with Crippen LogP contribution in [0.2, 0.25) is 0 Å². The van der Waals surface area contributed by atoms with Crippen LogP contribution >= 0.6 is 27.7 Å². The Labute approximate surface area is 133 Å². The molecule has 106 valence electrons. The fourth-order valence-electron chi connectivity index (χ4n) is 1.43. The molecule has 8 heteroatoms. The van der Waals surface area contributed by atoms with E-state index < -0.39 is 0 Å². The molecular formula is C13H10BrN5OS. The van der Waals surface area contributed by atoms with Gasteiger partial charge in [0.25, 0.3) is 0 Å². The number of nitrogen functional groups attached to an aromatic ring is 1. The van der Waals surface area contributed by atoms with E-state index in [0.717, 1.165) is 16.2 Å². The van der Waals surface area contributed by atoms with Crippen molar-refractivity contribution in [1.82, 2.24) is 9.97 Å². The molecule has 1 aromatic heterocycles. The van der Waals surface area contributed by atoms with Crippen molar-refractivity contribution in [1.29, 1.82) is 5.26 Å². The lowest BCUT2D eigenvalue weighted by Crippen LogP contribution is -2.14. The van der Waals surface area contributed by atoms with Gasteiger partial charge in [0, 0.05) is 10.2 Å². The van der Waals surface area contributed by atoms with Gasteiger partial charge in [0.05, 0.1) is 11.9 Å². The van der Waals surface area contributed by atoms with E-state index in [1.54, 1.807) is 12.1 Å². The van der Waals surface area contributed by atoms with Crippen molar-refractivity contribution in [2.75, 3.05) is 16.8 Å². The Hall–Kier alpha value is -2.11. The monoisotopic (exact) mass is 363 g/mol. The van der Waals surface area contributed by atoms with E-state index >= 15 is 0 Å². The van der Waals surface area contributed by atoms with Gasteiger partial charge >= 0.3 is 0 Å². The maximum absolute atomic E-state index is 11.8. The van der Waals surface area contributed by atoms with Gasteiger partial charge in [-0.15, -0.1) is 0 Å². The Morgan fingerprint density at radius 1 is 1.52 bits per heavy atom. The maximum Gasteiger partial charge on any atom is 0.234 e. The second-order valence-corrected chi connectivity index (χ2v) is 5.77. The van der Waals surface area contributed by atoms with Crippen molar-refractivity contribution < 1.29 is 4.79 Å². The van der Waals surface area contributed by atoms with Crippen molar-refractivity contribution in [3.05, 3.63) is 40.5 Å². The zero-order valence-electron chi connectivity index (χ0n) is 10.7. The van der Waals surface area contributed by atoms with Crippen LogP contribution in [0.25, 0.3) is 0 Å². The Balaban J connectivity index is 1.92. The second kappa shape index (κ2) is 7.06. The van der Waals surface area contributed by atoms with Gasteiger partial charge in [0.2, 0.25) is 5.91 Å². The number of nitriles is 1. The smallest absolute Gasteiger partial charge is 0.234 e. The van der Waals surface area contributed by atoms with Crippen LogP contribution in [0.4, 0.5) is 11.5 Å². The summed E-state index contributed by atoms with van der Waals surface area (Å²) >= 11 is 4.48. The van der Waals surface area contributed by atoms with E-state index in [1.165, 1.54) is 6.20 Å². The number of halogens is 1. The van der Waals surface area contributed by atoms with Crippen LogP contribution in [0.3, 0.4) is 0 Å². The minimum atomic E-state index is -0.176. The number of rotatable bonds is 4. The van der Waals surface area contributed by atoms with Crippen LogP contribution in [0.15, 0.2) is 40.1 Å². The highest BCUT2D eigenvalue weighted by atomic mass is 79.9. The number of aromatic nitrogens is 2. The highest BCUT2D eigenvalue weighted by molar-refractivity contribution is 9.10. The van der Waals surface area contributed by atoms with Crippen molar-refractivity contribution in [2.45, 2.75) is 5.16 Å². The van der Waals surface area contributed by atoms with Crippen molar-refractivity contribution in [3.8, 4) is 6.07 Å². The molecule has 0 bridgehead atoms. The molecule has 21 heavy (non-hydrogen) atoms. The molecule has 1 heterocycles. The first kappa shape index (κ1) is 15.3. The largest absolute Gasteiger partial charge is 0.382 e. The standard InChI is InChI=1S/C13H10BrN5OS/c14-9-2-1-3-10(4-9)18-11(20)7-21-13-17-6-8(5-15)12(16)19-13/h1-4,6H,7H2,(H,18,20)(H2,16,17,19). The van der Waals surface area contributed by atoms with Crippen LogP contribution in [0, 0.1) is 11.3 Å². The van der Waals surface area contributed by atoms with Crippen LogP contribution in [0.1, 0.15) is 5.56 Å². The topological polar surface area (TPSA) is 105 Å². The number of carbonyl (C=O) groups is 1. The van der Waals surface area contributed by atoms with E-state index in [-0.39, 0.29) is 23.0 Å². The normalized spacial score (nSPS) is 9.90. The summed E-state index contributed by atoms with van der Waals surface area (Å²) in [4.78, 5) is 19.7. The highest BCUT2D eigenvalue weighted by Crippen LogP contribution is 2.18. The quantitative estimate of drug-likeness (QED) is 0.638. The molecule has 1 aromatic carbocycles. The molecule has 0 unspecified atom stereocenters. The summed E-state index contributed by atoms with van der Waals surface area (Å²) in [6, 6.07) is 9.19. The average molecular weight is 364 g/mol. The van der Waals surface area contributed by atoms with Crippen LogP contribution in [0.5, 0.6) is 0 Å². The molecule has 0 fully saturated rings. The summed E-state index contributed by atoms with van der Waals surface area (Å²) in [7, 11) is 0. The summed E-state index contributed by atoms with van der Waals surface area (Å²) in [5.74, 6) is 0.0877. The number of thioether (sulfide) groups is 1. The van der Waals surface area contributed by atoms with Gasteiger partial charge in [-0.3, -0.25) is 4.79 Å². The number of amides is 1. The number of nitrogens with two attached hydrogens (primary N) is 1. The van der Waals surface area contributed by atoms with Crippen molar-refractivity contribution in [3.63, 3.8) is 0 Å². The van der Waals surface area contributed by atoms with E-state index in [9.17, 15) is 4.79 Å². The number of benzene rings is 1. The van der Waals surface area contributed by atoms with Crippen LogP contribution in [-0.4, -0.2) is 21.6 Å². The third-order valence-electron chi connectivity index (χ3n) is 2.36. The zero-order valence-corrected chi connectivity index (χ0v) is 13.1. The van der Waals surface area contributed by atoms with Gasteiger partial charge in [0.15, 0.2) is 5.16 Å². The third kappa shape index (κ3) is 4.44. The number of anilines is 2. The van der Waals surface area contributed by atoms with Gasteiger partial charge in [-0.1, -0.05) is 33.8 Å². The van der Waals surface area contributed by atoms with Gasteiger partial charge in [-0.2, -0.15) is 5.26 Å². The molecule has 0 aliphatic rings. The van der Waals surface area contributed by atoms with Gasteiger partial charge in [0.1, 0.15) is 17.5 Å². The molecule has 6 nitrogen and oxygen atoms in total. The van der Waals surface area contributed by atoms with Gasteiger partial charge < -0.3 is 11.1 Å². The Kier molecular flexibility index (Phi) is 5.14. The van der Waals surface area contributed by atoms with Gasteiger partial charge in [-0.25, -0.2) is 9.97 Å². The fraction of sp³-hybridized carbons (Fsp3) is 0.0769. The average Bonchev–Trinajstić information content (AvgIpc) is 2.45. The number of hydrogen-bond donors (Lipinski definition) is 2. The molecular weight excluding hydrogens is 354 g/mol. The molecule has 0 aliphatic heterocycles. The van der Waals surface area contributed by atoms with E-state index in [2.05, 4.69) is 31.2 Å². The van der Waals surface area contributed by atoms with E-state index in [4.69, 9.17) is 11.0 Å². The van der Waals surface area contributed by atoms with E-state index in [0.29, 0.717) is 10.8 Å². The molecule has 1 amide bonds. The maximum atomic E-state index is 11.8. The number of hydrogen-bond acceptors (Lipinski definition) is 6. The van der Waals surface area contributed by atoms with Crippen LogP contribution in [-0.2, 0) is 4.79 Å². The Morgan fingerprint density at radius 3 is 3.00 bits per heavy atom. The lowest BCUT2D eigenvalue weighted by molar-refractivity contribution is -0.113. The molecule has 3 N–H and O–H groups in total. The summed E-state index contributed by atoms with van der Waals surface area (Å²) in [5.41, 5.74) is 6.51. The molecule has 2 aromatic rings. The van der Waals surface area contributed by atoms with E-state index in [1.807, 2.05) is 18.2 Å². The molecule has 0 spiro atoms. The number of carbonyl (C=O) groups excluding carboxylic acids is 1. The first-order valence-electron chi connectivity index (χ1n) is 5.79. The summed E-state index contributed by atoms with van der Waals surface area (Å²) in [6.45, 7) is 0. The number of nitrogens with zero attached hydrogens (tertiary/aromatic N) is 3. The molecule has 0 atom stereocenters. The van der Waals surface area contributed by atoms with Crippen LogP contribution < -0.4 is 11.1 Å². The summed E-state index contributed by atoms with van der Waals surface area (Å²) < 4.78 is 0.885. The predicted octanol–water partition coefficient (Wildman–Crippen LogP) is 2.42. The second-order valence-electron chi connectivity index (χ2n) is 3.91. The third-order valence-corrected chi connectivity index (χ3v) is 3.71. The van der Waals surface area contributed by atoms with Crippen molar-refractivity contribution in [2.24, 2.45) is 0 Å². The summed E-state index contributed by atoms with van der Waals surface area (Å²) in [5, 5.41) is 11.8. The molecule has 0 aliphatic carbocycles. The Bertz CT molecular complexity index is 716. The lowest BCUT2D eigenvalue weighted by atomic mass is 10.3. The minimum Gasteiger partial charge on any atom is -0.382 e. The molecule has 0 saturated carbocycles.